The van der Waals surface area contributed by atoms with Gasteiger partial charge in [0.15, 0.2) is 0 Å². The first-order valence-electron chi connectivity index (χ1n) is 6.30. The highest BCUT2D eigenvalue weighted by Gasteiger charge is 2.36. The molecule has 0 spiro atoms. The van der Waals surface area contributed by atoms with Crippen LogP contribution in [0.15, 0.2) is 24.3 Å². The Morgan fingerprint density at radius 3 is 2.65 bits per heavy atom. The van der Waals surface area contributed by atoms with E-state index in [1.807, 2.05) is 24.3 Å². The van der Waals surface area contributed by atoms with Gasteiger partial charge in [-0.15, -0.1) is 0 Å². The normalized spacial score (nSPS) is 19.1. The van der Waals surface area contributed by atoms with Gasteiger partial charge in [-0.05, 0) is 72.4 Å². The minimum atomic E-state index is 0.234. The molecule has 0 heterocycles. The number of nitrogens with zero attached hydrogens (tertiary/aromatic N) is 1. The van der Waals surface area contributed by atoms with Crippen molar-refractivity contribution in [1.82, 2.24) is 4.90 Å². The number of carbonyl (C=O) groups excluding carboxylic acids is 1. The number of amides is 1. The van der Waals surface area contributed by atoms with Gasteiger partial charge in [-0.1, -0.05) is 6.07 Å². The van der Waals surface area contributed by atoms with Crippen molar-refractivity contribution in [3.8, 4) is 0 Å². The van der Waals surface area contributed by atoms with E-state index in [1.54, 1.807) is 0 Å². The van der Waals surface area contributed by atoms with Gasteiger partial charge < -0.3 is 4.90 Å². The summed E-state index contributed by atoms with van der Waals surface area (Å²) < 4.78 is 1.13. The molecule has 0 aromatic heterocycles. The molecule has 1 aromatic carbocycles. The van der Waals surface area contributed by atoms with Crippen LogP contribution >= 0.6 is 22.6 Å². The second-order valence-corrected chi connectivity index (χ2v) is 6.39. The fourth-order valence-corrected chi connectivity index (χ4v) is 2.69. The average Bonchev–Trinajstić information content (AvgIpc) is 3.16. The number of halogens is 1. The third-order valence-corrected chi connectivity index (χ3v) is 4.14. The first kappa shape index (κ1) is 11.5. The molecule has 0 atom stereocenters. The molecule has 17 heavy (non-hydrogen) atoms. The number of benzene rings is 1. The highest BCUT2D eigenvalue weighted by Crippen LogP contribution is 2.35. The molecule has 0 radical (unpaired) electrons. The van der Waals surface area contributed by atoms with Gasteiger partial charge in [0.1, 0.15) is 0 Å². The van der Waals surface area contributed by atoms with Crippen molar-refractivity contribution in [2.75, 3.05) is 6.54 Å². The molecule has 1 aromatic rings. The van der Waals surface area contributed by atoms with Gasteiger partial charge in [0.25, 0.3) is 5.91 Å². The first-order valence-corrected chi connectivity index (χ1v) is 7.38. The smallest absolute Gasteiger partial charge is 0.254 e. The minimum absolute atomic E-state index is 0.234. The number of hydrogen-bond acceptors (Lipinski definition) is 1. The van der Waals surface area contributed by atoms with E-state index in [4.69, 9.17) is 0 Å². The van der Waals surface area contributed by atoms with Crippen molar-refractivity contribution in [2.45, 2.75) is 31.7 Å². The van der Waals surface area contributed by atoms with Crippen molar-refractivity contribution in [2.24, 2.45) is 5.92 Å². The van der Waals surface area contributed by atoms with E-state index in [0.29, 0.717) is 6.04 Å². The average molecular weight is 341 g/mol. The van der Waals surface area contributed by atoms with Gasteiger partial charge in [-0.2, -0.15) is 0 Å². The van der Waals surface area contributed by atoms with Crippen LogP contribution in [0.1, 0.15) is 36.0 Å². The second kappa shape index (κ2) is 4.59. The number of carbonyl (C=O) groups is 1. The zero-order valence-corrected chi connectivity index (χ0v) is 11.9. The van der Waals surface area contributed by atoms with E-state index in [2.05, 4.69) is 27.5 Å². The predicted molar refractivity (Wildman–Crippen MR) is 75.9 cm³/mol. The molecule has 2 nitrogen and oxygen atoms in total. The summed E-state index contributed by atoms with van der Waals surface area (Å²) in [5.74, 6) is 1.01. The zero-order valence-electron chi connectivity index (χ0n) is 9.73. The molecule has 2 aliphatic rings. The Morgan fingerprint density at radius 2 is 2.06 bits per heavy atom. The Bertz CT molecular complexity index is 438. The minimum Gasteiger partial charge on any atom is -0.335 e. The van der Waals surface area contributed by atoms with E-state index >= 15 is 0 Å². The molecular formula is C14H16INO. The van der Waals surface area contributed by atoms with Crippen LogP contribution in [0.2, 0.25) is 0 Å². The summed E-state index contributed by atoms with van der Waals surface area (Å²) in [7, 11) is 0. The summed E-state index contributed by atoms with van der Waals surface area (Å²) in [5, 5.41) is 0. The van der Waals surface area contributed by atoms with Crippen molar-refractivity contribution in [3.05, 3.63) is 33.4 Å². The number of hydrogen-bond donors (Lipinski definition) is 0. The second-order valence-electron chi connectivity index (χ2n) is 5.14. The molecule has 0 aliphatic heterocycles. The maximum absolute atomic E-state index is 12.5. The maximum atomic E-state index is 12.5. The molecule has 90 valence electrons. The molecule has 3 rings (SSSR count). The lowest BCUT2D eigenvalue weighted by Gasteiger charge is -2.22. The van der Waals surface area contributed by atoms with E-state index in [9.17, 15) is 4.79 Å². The third kappa shape index (κ3) is 2.81. The topological polar surface area (TPSA) is 20.3 Å². The summed E-state index contributed by atoms with van der Waals surface area (Å²) in [4.78, 5) is 14.6. The molecular weight excluding hydrogens is 325 g/mol. The van der Waals surface area contributed by atoms with E-state index in [-0.39, 0.29) is 5.91 Å². The largest absolute Gasteiger partial charge is 0.335 e. The lowest BCUT2D eigenvalue weighted by molar-refractivity contribution is 0.0734. The molecule has 1 amide bonds. The summed E-state index contributed by atoms with van der Waals surface area (Å²) in [5.41, 5.74) is 0.851. The molecule has 2 aliphatic carbocycles. The van der Waals surface area contributed by atoms with Gasteiger partial charge in [-0.3, -0.25) is 4.79 Å². The lowest BCUT2D eigenvalue weighted by Crippen LogP contribution is -2.34. The highest BCUT2D eigenvalue weighted by molar-refractivity contribution is 14.1. The van der Waals surface area contributed by atoms with Crippen molar-refractivity contribution >= 4 is 28.5 Å². The Balaban J connectivity index is 1.77. The fraction of sp³-hybridized carbons (Fsp3) is 0.500. The van der Waals surface area contributed by atoms with Crippen molar-refractivity contribution in [3.63, 3.8) is 0 Å². The molecule has 0 saturated heterocycles. The van der Waals surface area contributed by atoms with Crippen molar-refractivity contribution < 1.29 is 4.79 Å². The molecule has 2 saturated carbocycles. The van der Waals surface area contributed by atoms with Crippen molar-refractivity contribution in [1.29, 1.82) is 0 Å². The Labute approximate surface area is 116 Å². The fourth-order valence-electron chi connectivity index (χ4n) is 2.15. The van der Waals surface area contributed by atoms with Crippen LogP contribution < -0.4 is 0 Å². The van der Waals surface area contributed by atoms with E-state index in [1.165, 1.54) is 25.7 Å². The SMILES string of the molecule is O=C(c1cccc(I)c1)N(CC1CC1)C1CC1. The summed E-state index contributed by atoms with van der Waals surface area (Å²) >= 11 is 2.26. The Kier molecular flexibility index (Phi) is 3.11. The Hall–Kier alpha value is -0.580. The molecule has 0 unspecified atom stereocenters. The van der Waals surface area contributed by atoms with Crippen LogP contribution in [-0.4, -0.2) is 23.4 Å². The third-order valence-electron chi connectivity index (χ3n) is 3.47. The van der Waals surface area contributed by atoms with Gasteiger partial charge in [0.2, 0.25) is 0 Å². The van der Waals surface area contributed by atoms with Gasteiger partial charge >= 0.3 is 0 Å². The zero-order chi connectivity index (χ0) is 11.8. The Morgan fingerprint density at radius 1 is 1.29 bits per heavy atom. The quantitative estimate of drug-likeness (QED) is 0.770. The van der Waals surface area contributed by atoms with E-state index < -0.39 is 0 Å². The van der Waals surface area contributed by atoms with Crippen LogP contribution in [0.4, 0.5) is 0 Å². The summed E-state index contributed by atoms with van der Waals surface area (Å²) in [6.07, 6.45) is 5.01. The van der Waals surface area contributed by atoms with Crippen LogP contribution in [0.5, 0.6) is 0 Å². The van der Waals surface area contributed by atoms with E-state index in [0.717, 1.165) is 21.6 Å². The summed E-state index contributed by atoms with van der Waals surface area (Å²) in [6, 6.07) is 8.45. The first-order chi connectivity index (χ1) is 8.24. The van der Waals surface area contributed by atoms with Crippen LogP contribution in [-0.2, 0) is 0 Å². The van der Waals surface area contributed by atoms with Gasteiger partial charge in [-0.25, -0.2) is 0 Å². The predicted octanol–water partition coefficient (Wildman–Crippen LogP) is 3.31. The number of rotatable bonds is 4. The standard InChI is InChI=1S/C14H16INO/c15-12-3-1-2-11(8-12)14(17)16(13-6-7-13)9-10-4-5-10/h1-3,8,10,13H,4-7,9H2. The monoisotopic (exact) mass is 341 g/mol. The molecule has 0 bridgehead atoms. The van der Waals surface area contributed by atoms with Gasteiger partial charge in [0.05, 0.1) is 0 Å². The summed E-state index contributed by atoms with van der Waals surface area (Å²) in [6.45, 7) is 0.981. The maximum Gasteiger partial charge on any atom is 0.254 e. The lowest BCUT2D eigenvalue weighted by atomic mass is 10.2. The van der Waals surface area contributed by atoms with Gasteiger partial charge in [0, 0.05) is 21.7 Å². The van der Waals surface area contributed by atoms with Crippen LogP contribution in [0.25, 0.3) is 0 Å². The molecule has 0 N–H and O–H groups in total. The highest BCUT2D eigenvalue weighted by atomic mass is 127. The molecule has 3 heteroatoms. The van der Waals surface area contributed by atoms with Crippen LogP contribution in [0, 0.1) is 9.49 Å². The van der Waals surface area contributed by atoms with Crippen LogP contribution in [0.3, 0.4) is 0 Å². The molecule has 2 fully saturated rings.